The van der Waals surface area contributed by atoms with Gasteiger partial charge >= 0.3 is 5.97 Å². The van der Waals surface area contributed by atoms with Crippen LogP contribution >= 0.6 is 0 Å². The van der Waals surface area contributed by atoms with Crippen molar-refractivity contribution in [3.8, 4) is 23.0 Å². The number of carbonyl (C=O) groups is 2. The van der Waals surface area contributed by atoms with E-state index >= 15 is 0 Å². The second-order valence-corrected chi connectivity index (χ2v) is 6.84. The monoisotopic (exact) mass is 402 g/mol. The zero-order valence-corrected chi connectivity index (χ0v) is 16.9. The van der Waals surface area contributed by atoms with Gasteiger partial charge in [-0.1, -0.05) is 42.0 Å². The smallest absolute Gasteiger partial charge is 0.342 e. The van der Waals surface area contributed by atoms with Crippen LogP contribution in [0.5, 0.6) is 0 Å². The van der Waals surface area contributed by atoms with Gasteiger partial charge in [0.1, 0.15) is 11.3 Å². The Morgan fingerprint density at radius 3 is 2.63 bits per heavy atom. The number of aryl methyl sites for hydroxylation is 1. The number of esters is 1. The average Bonchev–Trinajstić information content (AvgIpc) is 3.22. The maximum absolute atomic E-state index is 12.8. The zero-order chi connectivity index (χ0) is 21.5. The Morgan fingerprint density at radius 2 is 1.93 bits per heavy atom. The van der Waals surface area contributed by atoms with E-state index in [0.29, 0.717) is 5.69 Å². The molecule has 0 N–H and O–H groups in total. The zero-order valence-electron chi connectivity index (χ0n) is 16.9. The van der Waals surface area contributed by atoms with Crippen molar-refractivity contribution in [1.29, 1.82) is 5.26 Å². The summed E-state index contributed by atoms with van der Waals surface area (Å²) in [4.78, 5) is 26.3. The van der Waals surface area contributed by atoms with Crippen LogP contribution in [0.25, 0.3) is 16.9 Å². The second kappa shape index (κ2) is 9.52. The van der Waals surface area contributed by atoms with E-state index in [9.17, 15) is 9.59 Å². The second-order valence-electron chi connectivity index (χ2n) is 6.84. The summed E-state index contributed by atoms with van der Waals surface area (Å²) in [5, 5.41) is 13.2. The van der Waals surface area contributed by atoms with Gasteiger partial charge in [0.05, 0.1) is 18.2 Å². The van der Waals surface area contributed by atoms with Crippen molar-refractivity contribution in [3.63, 3.8) is 0 Å². The third-order valence-electron chi connectivity index (χ3n) is 4.56. The highest BCUT2D eigenvalue weighted by Crippen LogP contribution is 2.25. The van der Waals surface area contributed by atoms with Crippen LogP contribution in [0.1, 0.15) is 22.3 Å². The van der Waals surface area contributed by atoms with Crippen LogP contribution in [0, 0.1) is 18.3 Å². The largest absolute Gasteiger partial charge is 0.452 e. The van der Waals surface area contributed by atoms with Gasteiger partial charge < -0.3 is 9.64 Å². The molecule has 30 heavy (non-hydrogen) atoms. The van der Waals surface area contributed by atoms with Gasteiger partial charge in [-0.05, 0) is 25.1 Å². The fraction of sp³-hybridized carbons (Fsp3) is 0.217. The Kier molecular flexibility index (Phi) is 6.60. The van der Waals surface area contributed by atoms with Crippen LogP contribution in [-0.2, 0) is 9.53 Å². The molecule has 0 fully saturated rings. The average molecular weight is 402 g/mol. The van der Waals surface area contributed by atoms with Crippen molar-refractivity contribution in [1.82, 2.24) is 14.7 Å². The number of amides is 1. The number of nitriles is 1. The number of benzene rings is 2. The normalized spacial score (nSPS) is 10.3. The molecular weight excluding hydrogens is 380 g/mol. The summed E-state index contributed by atoms with van der Waals surface area (Å²) in [5.74, 6) is -0.998. The number of para-hydroxylation sites is 1. The molecule has 0 radical (unpaired) electrons. The van der Waals surface area contributed by atoms with Crippen molar-refractivity contribution in [3.05, 3.63) is 71.9 Å². The van der Waals surface area contributed by atoms with Gasteiger partial charge in [0.15, 0.2) is 6.61 Å². The maximum Gasteiger partial charge on any atom is 0.342 e. The predicted molar refractivity (Wildman–Crippen MR) is 112 cm³/mol. The van der Waals surface area contributed by atoms with Crippen LogP contribution in [0.3, 0.4) is 0 Å². The molecule has 1 heterocycles. The Labute approximate surface area is 175 Å². The fourth-order valence-corrected chi connectivity index (χ4v) is 2.90. The lowest BCUT2D eigenvalue weighted by molar-refractivity contribution is -0.133. The summed E-state index contributed by atoms with van der Waals surface area (Å²) in [5.41, 5.74) is 3.39. The standard InChI is InChI=1S/C23H22N4O3/c1-17-8-6-9-18(14-17)22-20(15-27(25-22)19-10-4-3-5-11-19)23(29)30-16-21(28)26(2)13-7-12-24/h3-6,8-11,14-15H,7,13,16H2,1-2H3. The molecule has 0 saturated carbocycles. The molecule has 0 atom stereocenters. The molecule has 3 rings (SSSR count). The number of carbonyl (C=O) groups excluding carboxylic acids is 2. The van der Waals surface area contributed by atoms with Gasteiger partial charge in [-0.15, -0.1) is 0 Å². The van der Waals surface area contributed by atoms with Crippen molar-refractivity contribution in [2.75, 3.05) is 20.2 Å². The van der Waals surface area contributed by atoms with Crippen LogP contribution < -0.4 is 0 Å². The van der Waals surface area contributed by atoms with Gasteiger partial charge in [0.2, 0.25) is 0 Å². The quantitative estimate of drug-likeness (QED) is 0.565. The Balaban J connectivity index is 1.87. The number of rotatable bonds is 7. The minimum atomic E-state index is -0.629. The minimum absolute atomic E-state index is 0.220. The lowest BCUT2D eigenvalue weighted by atomic mass is 10.1. The predicted octanol–water partition coefficient (Wildman–Crippen LogP) is 3.38. The van der Waals surface area contributed by atoms with Crippen LogP contribution in [0.4, 0.5) is 0 Å². The Morgan fingerprint density at radius 1 is 1.17 bits per heavy atom. The van der Waals surface area contributed by atoms with Gasteiger partial charge in [0, 0.05) is 25.4 Å². The molecule has 1 amide bonds. The first-order chi connectivity index (χ1) is 14.5. The van der Waals surface area contributed by atoms with E-state index in [2.05, 4.69) is 5.10 Å². The first kappa shape index (κ1) is 20.8. The summed E-state index contributed by atoms with van der Waals surface area (Å²) in [7, 11) is 1.57. The molecular formula is C23H22N4O3. The molecule has 1 aromatic heterocycles. The van der Waals surface area contributed by atoms with E-state index in [-0.39, 0.29) is 24.4 Å². The topological polar surface area (TPSA) is 88.2 Å². The van der Waals surface area contributed by atoms with E-state index in [1.165, 1.54) is 4.90 Å². The summed E-state index contributed by atoms with van der Waals surface area (Å²) in [6, 6.07) is 19.1. The molecule has 0 aliphatic rings. The minimum Gasteiger partial charge on any atom is -0.452 e. The highest BCUT2D eigenvalue weighted by Gasteiger charge is 2.21. The van der Waals surface area contributed by atoms with E-state index in [1.807, 2.05) is 67.6 Å². The number of nitrogens with zero attached hydrogens (tertiary/aromatic N) is 4. The van der Waals surface area contributed by atoms with Gasteiger partial charge in [-0.2, -0.15) is 10.4 Å². The molecule has 152 valence electrons. The summed E-state index contributed by atoms with van der Waals surface area (Å²) < 4.78 is 6.89. The molecule has 7 nitrogen and oxygen atoms in total. The lowest BCUT2D eigenvalue weighted by Gasteiger charge is -2.15. The van der Waals surface area contributed by atoms with E-state index < -0.39 is 12.6 Å². The van der Waals surface area contributed by atoms with Crippen LogP contribution in [0.2, 0.25) is 0 Å². The highest BCUT2D eigenvalue weighted by atomic mass is 16.5. The van der Waals surface area contributed by atoms with E-state index in [1.54, 1.807) is 17.9 Å². The molecule has 0 aliphatic carbocycles. The summed E-state index contributed by atoms with van der Waals surface area (Å²) in [6.45, 7) is 1.85. The summed E-state index contributed by atoms with van der Waals surface area (Å²) >= 11 is 0. The van der Waals surface area contributed by atoms with Gasteiger partial charge in [-0.25, -0.2) is 9.48 Å². The Hall–Kier alpha value is -3.92. The highest BCUT2D eigenvalue weighted by molar-refractivity contribution is 5.97. The number of ether oxygens (including phenoxy) is 1. The molecule has 7 heteroatoms. The third kappa shape index (κ3) is 4.92. The number of hydrogen-bond acceptors (Lipinski definition) is 5. The van der Waals surface area contributed by atoms with E-state index in [0.717, 1.165) is 16.8 Å². The first-order valence-electron chi connectivity index (χ1n) is 9.49. The summed E-state index contributed by atoms with van der Waals surface area (Å²) in [6.07, 6.45) is 1.83. The van der Waals surface area contributed by atoms with Crippen molar-refractivity contribution < 1.29 is 14.3 Å². The SMILES string of the molecule is Cc1cccc(-c2nn(-c3ccccc3)cc2C(=O)OCC(=O)N(C)CCC#N)c1. The van der Waals surface area contributed by atoms with Crippen LogP contribution in [0.15, 0.2) is 60.8 Å². The van der Waals surface area contributed by atoms with Crippen molar-refractivity contribution in [2.24, 2.45) is 0 Å². The van der Waals surface area contributed by atoms with Gasteiger partial charge in [-0.3, -0.25) is 4.79 Å². The molecule has 3 aromatic rings. The maximum atomic E-state index is 12.8. The fourth-order valence-electron chi connectivity index (χ4n) is 2.90. The number of aromatic nitrogens is 2. The number of likely N-dealkylation sites (N-methyl/N-ethyl adjacent to an activating group) is 1. The van der Waals surface area contributed by atoms with Crippen LogP contribution in [-0.4, -0.2) is 46.8 Å². The molecule has 0 spiro atoms. The number of hydrogen-bond donors (Lipinski definition) is 0. The molecule has 0 unspecified atom stereocenters. The van der Waals surface area contributed by atoms with Crippen molar-refractivity contribution >= 4 is 11.9 Å². The third-order valence-corrected chi connectivity index (χ3v) is 4.56. The molecule has 2 aromatic carbocycles. The lowest BCUT2D eigenvalue weighted by Crippen LogP contribution is -2.31. The molecule has 0 aliphatic heterocycles. The molecule has 0 saturated heterocycles. The molecule has 0 bridgehead atoms. The first-order valence-corrected chi connectivity index (χ1v) is 9.49. The van der Waals surface area contributed by atoms with E-state index in [4.69, 9.17) is 10.00 Å². The van der Waals surface area contributed by atoms with Crippen molar-refractivity contribution in [2.45, 2.75) is 13.3 Å². The Bertz CT molecular complexity index is 1080. The van der Waals surface area contributed by atoms with Gasteiger partial charge in [0.25, 0.3) is 5.91 Å².